The molecule has 1 N–H and O–H groups in total. The lowest BCUT2D eigenvalue weighted by Crippen LogP contribution is -2.52. The molecule has 1 atom stereocenters. The van der Waals surface area contributed by atoms with Gasteiger partial charge < -0.3 is 15.1 Å². The molecule has 2 heterocycles. The molecule has 1 saturated carbocycles. The van der Waals surface area contributed by atoms with E-state index in [1.54, 1.807) is 4.90 Å². The summed E-state index contributed by atoms with van der Waals surface area (Å²) < 4.78 is 0. The van der Waals surface area contributed by atoms with Crippen LogP contribution in [0.5, 0.6) is 0 Å². The minimum absolute atomic E-state index is 0.00125. The van der Waals surface area contributed by atoms with Crippen LogP contribution in [0.15, 0.2) is 24.3 Å². The number of rotatable bonds is 6. The molecule has 1 aromatic rings. The predicted octanol–water partition coefficient (Wildman–Crippen LogP) is 1.11. The smallest absolute Gasteiger partial charge is 0.234 e. The molecule has 1 aliphatic carbocycles. The Bertz CT molecular complexity index is 790. The predicted molar refractivity (Wildman–Crippen MR) is 109 cm³/mol. The highest BCUT2D eigenvalue weighted by atomic mass is 35.5. The zero-order valence-electron chi connectivity index (χ0n) is 16.5. The van der Waals surface area contributed by atoms with E-state index in [0.29, 0.717) is 56.9 Å². The number of hydrogen-bond acceptors (Lipinski definition) is 4. The van der Waals surface area contributed by atoms with Crippen molar-refractivity contribution in [3.05, 3.63) is 34.9 Å². The van der Waals surface area contributed by atoms with Crippen LogP contribution >= 0.6 is 11.6 Å². The number of nitrogens with one attached hydrogen (secondary N) is 1. The van der Waals surface area contributed by atoms with Crippen LogP contribution in [0.3, 0.4) is 0 Å². The molecule has 7 nitrogen and oxygen atoms in total. The number of halogens is 1. The summed E-state index contributed by atoms with van der Waals surface area (Å²) in [6.45, 7) is 3.85. The summed E-state index contributed by atoms with van der Waals surface area (Å²) in [6, 6.07) is 7.85. The van der Waals surface area contributed by atoms with Crippen LogP contribution in [0.4, 0.5) is 0 Å². The quantitative estimate of drug-likeness (QED) is 0.751. The molecule has 0 radical (unpaired) electrons. The van der Waals surface area contributed by atoms with E-state index in [0.717, 1.165) is 18.4 Å². The maximum absolute atomic E-state index is 12.9. The first kappa shape index (κ1) is 20.2. The van der Waals surface area contributed by atoms with Crippen LogP contribution in [-0.2, 0) is 20.9 Å². The fourth-order valence-electron chi connectivity index (χ4n) is 4.01. The topological polar surface area (TPSA) is 73.0 Å². The van der Waals surface area contributed by atoms with Gasteiger partial charge >= 0.3 is 0 Å². The number of nitrogens with zero attached hydrogens (tertiary/aromatic N) is 3. The van der Waals surface area contributed by atoms with Crippen molar-refractivity contribution in [1.29, 1.82) is 0 Å². The second-order valence-corrected chi connectivity index (χ2v) is 8.62. The molecule has 0 bridgehead atoms. The van der Waals surface area contributed by atoms with E-state index < -0.39 is 0 Å². The zero-order valence-corrected chi connectivity index (χ0v) is 17.2. The van der Waals surface area contributed by atoms with Crippen molar-refractivity contribution in [2.45, 2.75) is 31.8 Å². The Balaban J connectivity index is 1.25. The second-order valence-electron chi connectivity index (χ2n) is 8.21. The Hall–Kier alpha value is -2.12. The number of likely N-dealkylation sites (tertiary alicyclic amines) is 1. The lowest BCUT2D eigenvalue weighted by Gasteiger charge is -2.35. The number of hydrogen-bond donors (Lipinski definition) is 1. The molecule has 3 amide bonds. The van der Waals surface area contributed by atoms with Gasteiger partial charge in [-0.2, -0.15) is 0 Å². The number of benzene rings is 1. The summed E-state index contributed by atoms with van der Waals surface area (Å²) in [5, 5.41) is 3.64. The van der Waals surface area contributed by atoms with Crippen molar-refractivity contribution < 1.29 is 14.4 Å². The monoisotopic (exact) mass is 418 g/mol. The van der Waals surface area contributed by atoms with Crippen LogP contribution < -0.4 is 5.32 Å². The van der Waals surface area contributed by atoms with Crippen LogP contribution in [-0.4, -0.2) is 77.7 Å². The molecule has 0 unspecified atom stereocenters. The van der Waals surface area contributed by atoms with E-state index in [1.165, 1.54) is 0 Å². The molecular weight excluding hydrogens is 392 g/mol. The first-order chi connectivity index (χ1) is 14.0. The van der Waals surface area contributed by atoms with E-state index in [2.05, 4.69) is 10.2 Å². The Morgan fingerprint density at radius 3 is 2.52 bits per heavy atom. The second kappa shape index (κ2) is 8.71. The van der Waals surface area contributed by atoms with Gasteiger partial charge in [-0.3, -0.25) is 19.3 Å². The van der Waals surface area contributed by atoms with Crippen molar-refractivity contribution >= 4 is 29.3 Å². The number of carbonyl (C=O) groups excluding carboxylic acids is 3. The number of carbonyl (C=O) groups is 3. The highest BCUT2D eigenvalue weighted by molar-refractivity contribution is 6.31. The number of piperazine rings is 1. The third kappa shape index (κ3) is 5.08. The zero-order chi connectivity index (χ0) is 20.4. The van der Waals surface area contributed by atoms with Gasteiger partial charge in [0, 0.05) is 56.8 Å². The van der Waals surface area contributed by atoms with Gasteiger partial charge in [-0.25, -0.2) is 0 Å². The molecule has 3 aliphatic rings. The Labute approximate surface area is 176 Å². The minimum Gasteiger partial charge on any atom is -0.352 e. The maximum Gasteiger partial charge on any atom is 0.234 e. The summed E-state index contributed by atoms with van der Waals surface area (Å²) in [6.07, 6.45) is 2.43. The summed E-state index contributed by atoms with van der Waals surface area (Å²) in [4.78, 5) is 42.9. The van der Waals surface area contributed by atoms with E-state index in [4.69, 9.17) is 11.6 Å². The van der Waals surface area contributed by atoms with Gasteiger partial charge in [0.15, 0.2) is 0 Å². The molecule has 156 valence electrons. The fourth-order valence-corrected chi connectivity index (χ4v) is 4.21. The molecule has 3 fully saturated rings. The van der Waals surface area contributed by atoms with Gasteiger partial charge in [0.2, 0.25) is 17.7 Å². The molecule has 0 aromatic heterocycles. The standard InChI is InChI=1S/C21H27ClN4O3/c22-18-4-2-1-3-15(18)12-26-13-16(11-20(26)28)21(29)25-9-7-24(8-10-25)14-19(27)23-17-5-6-17/h1-4,16-17H,5-14H2,(H,23,27)/t16-/m1/s1. The van der Waals surface area contributed by atoms with Crippen LogP contribution in [0.1, 0.15) is 24.8 Å². The summed E-state index contributed by atoms with van der Waals surface area (Å²) >= 11 is 6.21. The van der Waals surface area contributed by atoms with Crippen molar-refractivity contribution in [2.75, 3.05) is 39.3 Å². The lowest BCUT2D eigenvalue weighted by molar-refractivity contribution is -0.137. The Morgan fingerprint density at radius 2 is 1.83 bits per heavy atom. The number of amides is 3. The molecule has 29 heavy (non-hydrogen) atoms. The Kier molecular flexibility index (Phi) is 6.06. The van der Waals surface area contributed by atoms with Crippen LogP contribution in [0.2, 0.25) is 5.02 Å². The van der Waals surface area contributed by atoms with Crippen molar-refractivity contribution in [3.8, 4) is 0 Å². The molecule has 2 saturated heterocycles. The summed E-state index contributed by atoms with van der Waals surface area (Å²) in [5.41, 5.74) is 0.897. The van der Waals surface area contributed by atoms with Crippen LogP contribution in [0, 0.1) is 5.92 Å². The molecule has 2 aliphatic heterocycles. The average molecular weight is 419 g/mol. The van der Waals surface area contributed by atoms with E-state index >= 15 is 0 Å². The highest BCUT2D eigenvalue weighted by Crippen LogP contribution is 2.25. The van der Waals surface area contributed by atoms with E-state index in [-0.39, 0.29) is 30.1 Å². The van der Waals surface area contributed by atoms with Crippen molar-refractivity contribution in [1.82, 2.24) is 20.0 Å². The van der Waals surface area contributed by atoms with Crippen molar-refractivity contribution in [3.63, 3.8) is 0 Å². The fraction of sp³-hybridized carbons (Fsp3) is 0.571. The van der Waals surface area contributed by atoms with Crippen LogP contribution in [0.25, 0.3) is 0 Å². The molecule has 4 rings (SSSR count). The molecule has 0 spiro atoms. The largest absolute Gasteiger partial charge is 0.352 e. The summed E-state index contributed by atoms with van der Waals surface area (Å²) in [7, 11) is 0. The van der Waals surface area contributed by atoms with E-state index in [1.807, 2.05) is 29.2 Å². The first-order valence-corrected chi connectivity index (χ1v) is 10.7. The third-order valence-electron chi connectivity index (χ3n) is 5.88. The Morgan fingerprint density at radius 1 is 1.10 bits per heavy atom. The third-order valence-corrected chi connectivity index (χ3v) is 6.25. The van der Waals surface area contributed by atoms with Crippen molar-refractivity contribution in [2.24, 2.45) is 5.92 Å². The van der Waals surface area contributed by atoms with E-state index in [9.17, 15) is 14.4 Å². The SMILES string of the molecule is O=C(CN1CCN(C(=O)[C@@H]2CC(=O)N(Cc3ccccc3Cl)C2)CC1)NC1CC1. The van der Waals surface area contributed by atoms with Gasteiger partial charge in [-0.05, 0) is 24.5 Å². The molecule has 1 aromatic carbocycles. The van der Waals surface area contributed by atoms with Gasteiger partial charge in [0.25, 0.3) is 0 Å². The minimum atomic E-state index is -0.297. The highest BCUT2D eigenvalue weighted by Gasteiger charge is 2.37. The van der Waals surface area contributed by atoms with Gasteiger partial charge in [0.05, 0.1) is 12.5 Å². The van der Waals surface area contributed by atoms with Gasteiger partial charge in [-0.15, -0.1) is 0 Å². The first-order valence-electron chi connectivity index (χ1n) is 10.3. The maximum atomic E-state index is 12.9. The molecule has 8 heteroatoms. The van der Waals surface area contributed by atoms with Gasteiger partial charge in [-0.1, -0.05) is 29.8 Å². The summed E-state index contributed by atoms with van der Waals surface area (Å²) in [5.74, 6) is -0.181. The average Bonchev–Trinajstić information content (AvgIpc) is 3.44. The molecular formula is C21H27ClN4O3. The normalized spacial score (nSPS) is 22.8. The lowest BCUT2D eigenvalue weighted by atomic mass is 10.1. The van der Waals surface area contributed by atoms with Gasteiger partial charge in [0.1, 0.15) is 0 Å².